The minimum atomic E-state index is -0.383. The predicted octanol–water partition coefficient (Wildman–Crippen LogP) is 3.10. The van der Waals surface area contributed by atoms with E-state index in [1.807, 2.05) is 6.92 Å². The zero-order valence-electron chi connectivity index (χ0n) is 11.6. The van der Waals surface area contributed by atoms with Gasteiger partial charge in [0.2, 0.25) is 0 Å². The van der Waals surface area contributed by atoms with Crippen molar-refractivity contribution in [3.05, 3.63) is 35.4 Å². The second-order valence-corrected chi connectivity index (χ2v) is 5.26. The molecule has 2 rings (SSSR count). The van der Waals surface area contributed by atoms with Crippen molar-refractivity contribution in [2.45, 2.75) is 38.8 Å². The van der Waals surface area contributed by atoms with Gasteiger partial charge in [0.05, 0.1) is 0 Å². The molecule has 0 bridgehead atoms. The molecule has 1 aliphatic rings. The SMILES string of the molecule is CCN1CCC(NC(C)c2cc(F)ccc2F)CC1. The van der Waals surface area contributed by atoms with Crippen LogP contribution in [0.2, 0.25) is 0 Å². The van der Waals surface area contributed by atoms with Crippen LogP contribution in [0.3, 0.4) is 0 Å². The monoisotopic (exact) mass is 268 g/mol. The van der Waals surface area contributed by atoms with Gasteiger partial charge in [0.1, 0.15) is 11.6 Å². The Bertz CT molecular complexity index is 415. The first-order valence-corrected chi connectivity index (χ1v) is 7.03. The van der Waals surface area contributed by atoms with Gasteiger partial charge < -0.3 is 10.2 Å². The van der Waals surface area contributed by atoms with Crippen molar-refractivity contribution in [3.8, 4) is 0 Å². The van der Waals surface area contributed by atoms with Gasteiger partial charge in [-0.2, -0.15) is 0 Å². The van der Waals surface area contributed by atoms with Crippen molar-refractivity contribution >= 4 is 0 Å². The maximum atomic E-state index is 13.7. The van der Waals surface area contributed by atoms with Gasteiger partial charge in [-0.05, 0) is 57.6 Å². The van der Waals surface area contributed by atoms with E-state index in [2.05, 4.69) is 17.1 Å². The number of hydrogen-bond acceptors (Lipinski definition) is 2. The van der Waals surface area contributed by atoms with E-state index in [9.17, 15) is 8.78 Å². The minimum Gasteiger partial charge on any atom is -0.307 e. The lowest BCUT2D eigenvalue weighted by molar-refractivity contribution is 0.200. The molecular formula is C15H22F2N2. The molecule has 1 aliphatic heterocycles. The first kappa shape index (κ1) is 14.4. The molecule has 0 aliphatic carbocycles. The van der Waals surface area contributed by atoms with Crippen molar-refractivity contribution in [2.24, 2.45) is 0 Å². The van der Waals surface area contributed by atoms with Gasteiger partial charge in [0.25, 0.3) is 0 Å². The number of nitrogens with zero attached hydrogens (tertiary/aromatic N) is 1. The second kappa shape index (κ2) is 6.44. The summed E-state index contributed by atoms with van der Waals surface area (Å²) in [4.78, 5) is 2.41. The summed E-state index contributed by atoms with van der Waals surface area (Å²) in [7, 11) is 0. The van der Waals surface area contributed by atoms with Crippen LogP contribution in [0.4, 0.5) is 8.78 Å². The normalized spacial score (nSPS) is 19.6. The van der Waals surface area contributed by atoms with E-state index < -0.39 is 0 Å². The number of benzene rings is 1. The van der Waals surface area contributed by atoms with E-state index in [-0.39, 0.29) is 17.7 Å². The van der Waals surface area contributed by atoms with Crippen LogP contribution >= 0.6 is 0 Å². The fraction of sp³-hybridized carbons (Fsp3) is 0.600. The summed E-state index contributed by atoms with van der Waals surface area (Å²) >= 11 is 0. The van der Waals surface area contributed by atoms with Crippen LogP contribution in [0, 0.1) is 11.6 Å². The highest BCUT2D eigenvalue weighted by Gasteiger charge is 2.21. The lowest BCUT2D eigenvalue weighted by atomic mass is 10.0. The Kier molecular flexibility index (Phi) is 4.88. The van der Waals surface area contributed by atoms with Gasteiger partial charge in [-0.25, -0.2) is 8.78 Å². The first-order valence-electron chi connectivity index (χ1n) is 7.03. The molecule has 1 saturated heterocycles. The number of nitrogens with one attached hydrogen (secondary N) is 1. The third kappa shape index (κ3) is 3.74. The average Bonchev–Trinajstić information content (AvgIpc) is 2.42. The number of halogens is 2. The van der Waals surface area contributed by atoms with Crippen molar-refractivity contribution in [2.75, 3.05) is 19.6 Å². The Morgan fingerprint density at radius 2 is 2.00 bits per heavy atom. The van der Waals surface area contributed by atoms with Crippen molar-refractivity contribution in [3.63, 3.8) is 0 Å². The average molecular weight is 268 g/mol. The summed E-state index contributed by atoms with van der Waals surface area (Å²) in [6, 6.07) is 3.87. The molecule has 2 nitrogen and oxygen atoms in total. The Morgan fingerprint density at radius 1 is 1.32 bits per heavy atom. The molecule has 1 fully saturated rings. The largest absolute Gasteiger partial charge is 0.307 e. The molecule has 1 atom stereocenters. The van der Waals surface area contributed by atoms with Gasteiger partial charge in [-0.3, -0.25) is 0 Å². The van der Waals surface area contributed by atoms with Crippen LogP contribution in [0.1, 0.15) is 38.3 Å². The van der Waals surface area contributed by atoms with Crippen molar-refractivity contribution in [1.82, 2.24) is 10.2 Å². The molecule has 19 heavy (non-hydrogen) atoms. The molecule has 1 unspecified atom stereocenters. The van der Waals surface area contributed by atoms with Gasteiger partial charge in [-0.15, -0.1) is 0 Å². The molecule has 1 aromatic carbocycles. The van der Waals surface area contributed by atoms with Gasteiger partial charge in [0, 0.05) is 17.6 Å². The summed E-state index contributed by atoms with van der Waals surface area (Å²) in [6.07, 6.45) is 2.13. The molecule has 1 heterocycles. The van der Waals surface area contributed by atoms with Gasteiger partial charge >= 0.3 is 0 Å². The smallest absolute Gasteiger partial charge is 0.128 e. The van der Waals surface area contributed by atoms with Gasteiger partial charge in [-0.1, -0.05) is 6.92 Å². The highest BCUT2D eigenvalue weighted by molar-refractivity contribution is 5.22. The van der Waals surface area contributed by atoms with E-state index in [0.717, 1.165) is 38.5 Å². The lowest BCUT2D eigenvalue weighted by Gasteiger charge is -2.33. The Morgan fingerprint density at radius 3 is 2.63 bits per heavy atom. The molecule has 1 aromatic rings. The molecule has 0 spiro atoms. The first-order chi connectivity index (χ1) is 9.10. The van der Waals surface area contributed by atoms with Crippen LogP contribution in [-0.4, -0.2) is 30.6 Å². The number of hydrogen-bond donors (Lipinski definition) is 1. The molecule has 4 heteroatoms. The Balaban J connectivity index is 1.94. The fourth-order valence-corrected chi connectivity index (χ4v) is 2.71. The molecule has 0 saturated carbocycles. The summed E-state index contributed by atoms with van der Waals surface area (Å²) < 4.78 is 26.9. The van der Waals surface area contributed by atoms with Crippen LogP contribution in [0.25, 0.3) is 0 Å². The van der Waals surface area contributed by atoms with E-state index in [1.54, 1.807) is 0 Å². The summed E-state index contributed by atoms with van der Waals surface area (Å²) in [5.74, 6) is -0.724. The number of likely N-dealkylation sites (tertiary alicyclic amines) is 1. The third-order valence-electron chi connectivity index (χ3n) is 3.95. The van der Waals surface area contributed by atoms with E-state index >= 15 is 0 Å². The van der Waals surface area contributed by atoms with Crippen molar-refractivity contribution < 1.29 is 8.78 Å². The van der Waals surface area contributed by atoms with Crippen LogP contribution in [-0.2, 0) is 0 Å². The minimum absolute atomic E-state index is 0.158. The summed E-state index contributed by atoms with van der Waals surface area (Å²) in [5, 5.41) is 3.41. The zero-order chi connectivity index (χ0) is 13.8. The fourth-order valence-electron chi connectivity index (χ4n) is 2.71. The summed E-state index contributed by atoms with van der Waals surface area (Å²) in [5.41, 5.74) is 0.415. The Labute approximate surface area is 113 Å². The maximum absolute atomic E-state index is 13.7. The molecule has 0 radical (unpaired) electrons. The van der Waals surface area contributed by atoms with E-state index in [1.165, 1.54) is 12.1 Å². The zero-order valence-corrected chi connectivity index (χ0v) is 11.6. The van der Waals surface area contributed by atoms with Crippen LogP contribution < -0.4 is 5.32 Å². The standard InChI is InChI=1S/C15H22F2N2/c1-3-19-8-6-13(7-9-19)18-11(2)14-10-12(16)4-5-15(14)17/h4-5,10-11,13,18H,3,6-9H2,1-2H3. The molecule has 0 amide bonds. The number of rotatable bonds is 4. The van der Waals surface area contributed by atoms with Crippen LogP contribution in [0.15, 0.2) is 18.2 Å². The molecule has 1 N–H and O–H groups in total. The topological polar surface area (TPSA) is 15.3 Å². The van der Waals surface area contributed by atoms with Crippen LogP contribution in [0.5, 0.6) is 0 Å². The van der Waals surface area contributed by atoms with Crippen molar-refractivity contribution in [1.29, 1.82) is 0 Å². The van der Waals surface area contributed by atoms with E-state index in [0.29, 0.717) is 11.6 Å². The molecule has 0 aromatic heterocycles. The lowest BCUT2D eigenvalue weighted by Crippen LogP contribution is -2.43. The quantitative estimate of drug-likeness (QED) is 0.902. The highest BCUT2D eigenvalue weighted by atomic mass is 19.1. The Hall–Kier alpha value is -1.00. The maximum Gasteiger partial charge on any atom is 0.128 e. The summed E-state index contributed by atoms with van der Waals surface area (Å²) in [6.45, 7) is 7.29. The molecular weight excluding hydrogens is 246 g/mol. The highest BCUT2D eigenvalue weighted by Crippen LogP contribution is 2.20. The molecule has 106 valence electrons. The van der Waals surface area contributed by atoms with Gasteiger partial charge in [0.15, 0.2) is 0 Å². The second-order valence-electron chi connectivity index (χ2n) is 5.26. The predicted molar refractivity (Wildman–Crippen MR) is 73.0 cm³/mol. The third-order valence-corrected chi connectivity index (χ3v) is 3.95. The number of piperidine rings is 1. The van der Waals surface area contributed by atoms with E-state index in [4.69, 9.17) is 0 Å².